The van der Waals surface area contributed by atoms with Crippen molar-refractivity contribution in [2.75, 3.05) is 5.88 Å². The molecule has 1 N–H and O–H groups in total. The van der Waals surface area contributed by atoms with Gasteiger partial charge in [-0.1, -0.05) is 0 Å². The number of carbonyl (C=O) groups excluding carboxylic acids is 1. The lowest BCUT2D eigenvalue weighted by atomic mass is 10.1. The number of rotatable bonds is 3. The van der Waals surface area contributed by atoms with Crippen LogP contribution in [0.3, 0.4) is 0 Å². The molecule has 0 saturated heterocycles. The molecule has 0 aliphatic rings. The van der Waals surface area contributed by atoms with Gasteiger partial charge in [0.25, 0.3) is 0 Å². The van der Waals surface area contributed by atoms with Crippen molar-refractivity contribution in [2.24, 2.45) is 0 Å². The summed E-state index contributed by atoms with van der Waals surface area (Å²) < 4.78 is 0.600. The maximum Gasteiger partial charge on any atom is 0.165 e. The van der Waals surface area contributed by atoms with E-state index < -0.39 is 0 Å². The summed E-state index contributed by atoms with van der Waals surface area (Å²) in [6.07, 6.45) is 0.310. The third-order valence-corrected chi connectivity index (χ3v) is 2.42. The van der Waals surface area contributed by atoms with Crippen molar-refractivity contribution in [3.05, 3.63) is 28.2 Å². The highest BCUT2D eigenvalue weighted by molar-refractivity contribution is 9.10. The number of phenols is 1. The molecule has 0 atom stereocenters. The molecule has 4 heteroatoms. The Morgan fingerprint density at radius 3 is 2.77 bits per heavy atom. The van der Waals surface area contributed by atoms with Gasteiger partial charge in [-0.15, -0.1) is 11.6 Å². The van der Waals surface area contributed by atoms with E-state index in [1.165, 1.54) is 12.1 Å². The van der Waals surface area contributed by atoms with Gasteiger partial charge in [0.15, 0.2) is 5.78 Å². The van der Waals surface area contributed by atoms with Gasteiger partial charge in [0.2, 0.25) is 0 Å². The molecule has 0 bridgehead atoms. The highest BCUT2D eigenvalue weighted by Crippen LogP contribution is 2.23. The zero-order chi connectivity index (χ0) is 9.84. The monoisotopic (exact) mass is 262 g/mol. The summed E-state index contributed by atoms with van der Waals surface area (Å²) in [6.45, 7) is 0. The Morgan fingerprint density at radius 2 is 2.23 bits per heavy atom. The second-order valence-electron chi connectivity index (χ2n) is 2.53. The predicted molar refractivity (Wildman–Crippen MR) is 55.5 cm³/mol. The summed E-state index contributed by atoms with van der Waals surface area (Å²) in [4.78, 5) is 11.4. The molecule has 0 aliphatic carbocycles. The second-order valence-corrected chi connectivity index (χ2v) is 3.76. The molecule has 0 saturated carbocycles. The van der Waals surface area contributed by atoms with Crippen LogP contribution in [0, 0.1) is 0 Å². The standard InChI is InChI=1S/C9H8BrClO2/c10-8-5-6(12)1-2-7(8)9(13)3-4-11/h1-2,5,12H,3-4H2. The molecular weight excluding hydrogens is 255 g/mol. The Bertz CT molecular complexity index is 325. The third kappa shape index (κ3) is 2.71. The van der Waals surface area contributed by atoms with Gasteiger partial charge in [0.05, 0.1) is 0 Å². The summed E-state index contributed by atoms with van der Waals surface area (Å²) in [5.74, 6) is 0.419. The molecular formula is C9H8BrClO2. The van der Waals surface area contributed by atoms with Crippen LogP contribution in [-0.4, -0.2) is 16.8 Å². The largest absolute Gasteiger partial charge is 0.508 e. The van der Waals surface area contributed by atoms with Crippen LogP contribution in [0.1, 0.15) is 16.8 Å². The molecule has 0 unspecified atom stereocenters. The van der Waals surface area contributed by atoms with Gasteiger partial charge in [0, 0.05) is 22.3 Å². The molecule has 0 aliphatic heterocycles. The van der Waals surface area contributed by atoms with Crippen LogP contribution in [0.2, 0.25) is 0 Å². The molecule has 0 spiro atoms. The number of phenolic OH excluding ortho intramolecular Hbond substituents is 1. The van der Waals surface area contributed by atoms with Crippen LogP contribution in [0.4, 0.5) is 0 Å². The zero-order valence-electron chi connectivity index (χ0n) is 6.76. The number of benzene rings is 1. The maximum atomic E-state index is 11.4. The van der Waals surface area contributed by atoms with Crippen molar-refractivity contribution in [1.82, 2.24) is 0 Å². The number of ketones is 1. The minimum absolute atomic E-state index is 0.0260. The lowest BCUT2D eigenvalue weighted by molar-refractivity contribution is 0.0988. The van der Waals surface area contributed by atoms with E-state index in [0.29, 0.717) is 22.3 Å². The lowest BCUT2D eigenvalue weighted by Crippen LogP contribution is -2.00. The highest BCUT2D eigenvalue weighted by Gasteiger charge is 2.09. The molecule has 1 aromatic rings. The van der Waals surface area contributed by atoms with Gasteiger partial charge in [-0.3, -0.25) is 4.79 Å². The number of alkyl halides is 1. The molecule has 70 valence electrons. The minimum atomic E-state index is -0.0260. The van der Waals surface area contributed by atoms with Crippen molar-refractivity contribution in [1.29, 1.82) is 0 Å². The summed E-state index contributed by atoms with van der Waals surface area (Å²) in [7, 11) is 0. The first kappa shape index (κ1) is 10.5. The van der Waals surface area contributed by atoms with Gasteiger partial charge in [-0.05, 0) is 34.1 Å². The molecule has 0 heterocycles. The number of Topliss-reactive ketones (excluding diaryl/α,β-unsaturated/α-hetero) is 1. The van der Waals surface area contributed by atoms with Crippen molar-refractivity contribution in [3.8, 4) is 5.75 Å². The van der Waals surface area contributed by atoms with E-state index in [9.17, 15) is 4.79 Å². The number of hydrogen-bond acceptors (Lipinski definition) is 2. The number of carbonyl (C=O) groups is 1. The molecule has 2 nitrogen and oxygen atoms in total. The Hall–Kier alpha value is -0.540. The maximum absolute atomic E-state index is 11.4. The van der Waals surface area contributed by atoms with E-state index in [1.54, 1.807) is 6.07 Å². The zero-order valence-corrected chi connectivity index (χ0v) is 9.10. The minimum Gasteiger partial charge on any atom is -0.508 e. The molecule has 0 radical (unpaired) electrons. The Balaban J connectivity index is 2.95. The van der Waals surface area contributed by atoms with Crippen molar-refractivity contribution < 1.29 is 9.90 Å². The summed E-state index contributed by atoms with van der Waals surface area (Å²) >= 11 is 8.64. The van der Waals surface area contributed by atoms with Gasteiger partial charge < -0.3 is 5.11 Å². The van der Waals surface area contributed by atoms with Gasteiger partial charge in [0.1, 0.15) is 5.75 Å². The predicted octanol–water partition coefficient (Wildman–Crippen LogP) is 2.97. The normalized spacial score (nSPS) is 10.0. The Morgan fingerprint density at radius 1 is 1.54 bits per heavy atom. The van der Waals surface area contributed by atoms with E-state index in [0.717, 1.165) is 0 Å². The van der Waals surface area contributed by atoms with Crippen molar-refractivity contribution >= 4 is 33.3 Å². The number of aromatic hydroxyl groups is 1. The van der Waals surface area contributed by atoms with E-state index in [-0.39, 0.29) is 11.5 Å². The van der Waals surface area contributed by atoms with Crippen LogP contribution in [-0.2, 0) is 0 Å². The van der Waals surface area contributed by atoms with Gasteiger partial charge in [-0.2, -0.15) is 0 Å². The van der Waals surface area contributed by atoms with Crippen molar-refractivity contribution in [2.45, 2.75) is 6.42 Å². The SMILES string of the molecule is O=C(CCCl)c1ccc(O)cc1Br. The molecule has 1 rings (SSSR count). The van der Waals surface area contributed by atoms with Gasteiger partial charge in [-0.25, -0.2) is 0 Å². The fraction of sp³-hybridized carbons (Fsp3) is 0.222. The first-order valence-corrected chi connectivity index (χ1v) is 5.05. The molecule has 13 heavy (non-hydrogen) atoms. The first-order valence-electron chi connectivity index (χ1n) is 3.73. The van der Waals surface area contributed by atoms with Crippen LogP contribution >= 0.6 is 27.5 Å². The molecule has 1 aromatic carbocycles. The average molecular weight is 264 g/mol. The topological polar surface area (TPSA) is 37.3 Å². The van der Waals surface area contributed by atoms with Crippen molar-refractivity contribution in [3.63, 3.8) is 0 Å². The smallest absolute Gasteiger partial charge is 0.165 e. The highest BCUT2D eigenvalue weighted by atomic mass is 79.9. The molecule has 0 fully saturated rings. The summed E-state index contributed by atoms with van der Waals surface area (Å²) in [5, 5.41) is 9.08. The van der Waals surface area contributed by atoms with E-state index in [2.05, 4.69) is 15.9 Å². The van der Waals surface area contributed by atoms with Crippen LogP contribution < -0.4 is 0 Å². The van der Waals surface area contributed by atoms with Gasteiger partial charge >= 0.3 is 0 Å². The molecule has 0 aromatic heterocycles. The quantitative estimate of drug-likeness (QED) is 0.672. The second kappa shape index (κ2) is 4.63. The number of hydrogen-bond donors (Lipinski definition) is 1. The fourth-order valence-electron chi connectivity index (χ4n) is 0.951. The Labute approximate surface area is 89.7 Å². The van der Waals surface area contributed by atoms with Crippen LogP contribution in [0.15, 0.2) is 22.7 Å². The van der Waals surface area contributed by atoms with Crippen LogP contribution in [0.5, 0.6) is 5.75 Å². The van der Waals surface area contributed by atoms with Crippen LogP contribution in [0.25, 0.3) is 0 Å². The lowest BCUT2D eigenvalue weighted by Gasteiger charge is -2.02. The van der Waals surface area contributed by atoms with E-state index in [4.69, 9.17) is 16.7 Å². The van der Waals surface area contributed by atoms with E-state index in [1.807, 2.05) is 0 Å². The average Bonchev–Trinajstić information content (AvgIpc) is 2.04. The summed E-state index contributed by atoms with van der Waals surface area (Å²) in [6, 6.07) is 4.54. The van der Waals surface area contributed by atoms with E-state index >= 15 is 0 Å². The first-order chi connectivity index (χ1) is 6.15. The third-order valence-electron chi connectivity index (χ3n) is 1.57. The number of halogens is 2. The fourth-order valence-corrected chi connectivity index (χ4v) is 1.71. The summed E-state index contributed by atoms with van der Waals surface area (Å²) in [5.41, 5.74) is 0.554. The Kier molecular flexibility index (Phi) is 3.75. The molecule has 0 amide bonds.